The molecule has 0 unspecified atom stereocenters. The van der Waals surface area contributed by atoms with Crippen LogP contribution in [-0.2, 0) is 10.0 Å². The van der Waals surface area contributed by atoms with Crippen LogP contribution in [0.25, 0.3) is 0 Å². The molecule has 1 aliphatic heterocycles. The third kappa shape index (κ3) is 3.74. The molecule has 90 valence electrons. The SMILES string of the molecule is CC(C)NC1(C)CCN(S(C)(=O)=O)CC1. The van der Waals surface area contributed by atoms with Crippen molar-refractivity contribution in [2.45, 2.75) is 45.2 Å². The van der Waals surface area contributed by atoms with Crippen LogP contribution in [0.4, 0.5) is 0 Å². The highest BCUT2D eigenvalue weighted by Gasteiger charge is 2.33. The summed E-state index contributed by atoms with van der Waals surface area (Å²) < 4.78 is 24.2. The van der Waals surface area contributed by atoms with Crippen molar-refractivity contribution >= 4 is 10.0 Å². The lowest BCUT2D eigenvalue weighted by Crippen LogP contribution is -2.54. The molecule has 5 heteroatoms. The summed E-state index contributed by atoms with van der Waals surface area (Å²) in [5.74, 6) is 0. The quantitative estimate of drug-likeness (QED) is 0.786. The van der Waals surface area contributed by atoms with Crippen molar-refractivity contribution in [1.82, 2.24) is 9.62 Å². The number of hydrogen-bond donors (Lipinski definition) is 1. The zero-order chi connectivity index (χ0) is 11.7. The lowest BCUT2D eigenvalue weighted by atomic mass is 9.90. The van der Waals surface area contributed by atoms with Gasteiger partial charge in [0.15, 0.2) is 0 Å². The first-order valence-corrected chi connectivity index (χ1v) is 7.31. The zero-order valence-electron chi connectivity index (χ0n) is 10.1. The molecule has 0 saturated carbocycles. The van der Waals surface area contributed by atoms with Crippen molar-refractivity contribution in [1.29, 1.82) is 0 Å². The van der Waals surface area contributed by atoms with E-state index in [-0.39, 0.29) is 5.54 Å². The van der Waals surface area contributed by atoms with Gasteiger partial charge >= 0.3 is 0 Å². The Morgan fingerprint density at radius 3 is 2.07 bits per heavy atom. The standard InChI is InChI=1S/C10H22N2O2S/c1-9(2)11-10(3)5-7-12(8-6-10)15(4,13)14/h9,11H,5-8H2,1-4H3. The molecule has 0 atom stereocenters. The van der Waals surface area contributed by atoms with Crippen LogP contribution in [0.1, 0.15) is 33.6 Å². The predicted octanol–water partition coefficient (Wildman–Crippen LogP) is 0.798. The van der Waals surface area contributed by atoms with Gasteiger partial charge in [-0.3, -0.25) is 0 Å². The molecule has 1 heterocycles. The summed E-state index contributed by atoms with van der Waals surface area (Å²) in [6.07, 6.45) is 3.06. The minimum absolute atomic E-state index is 0.0926. The molecule has 0 bridgehead atoms. The Kier molecular flexibility index (Phi) is 3.79. The Balaban J connectivity index is 2.55. The van der Waals surface area contributed by atoms with Crippen molar-refractivity contribution in [3.63, 3.8) is 0 Å². The van der Waals surface area contributed by atoms with E-state index in [1.807, 2.05) is 0 Å². The van der Waals surface area contributed by atoms with Gasteiger partial charge in [0, 0.05) is 24.7 Å². The maximum Gasteiger partial charge on any atom is 0.211 e. The van der Waals surface area contributed by atoms with Crippen LogP contribution in [0.2, 0.25) is 0 Å². The van der Waals surface area contributed by atoms with Gasteiger partial charge < -0.3 is 5.32 Å². The summed E-state index contributed by atoms with van der Waals surface area (Å²) in [5, 5.41) is 3.51. The van der Waals surface area contributed by atoms with Crippen LogP contribution in [0.5, 0.6) is 0 Å². The van der Waals surface area contributed by atoms with Crippen molar-refractivity contribution < 1.29 is 8.42 Å². The minimum Gasteiger partial charge on any atom is -0.309 e. The molecule has 1 N–H and O–H groups in total. The fourth-order valence-electron chi connectivity index (χ4n) is 2.15. The van der Waals surface area contributed by atoms with Gasteiger partial charge in [-0.1, -0.05) is 13.8 Å². The summed E-state index contributed by atoms with van der Waals surface area (Å²) in [5.41, 5.74) is 0.0926. The molecule has 1 rings (SSSR count). The van der Waals surface area contributed by atoms with Gasteiger partial charge in [-0.15, -0.1) is 0 Å². The Morgan fingerprint density at radius 2 is 1.73 bits per heavy atom. The van der Waals surface area contributed by atoms with E-state index in [1.165, 1.54) is 6.26 Å². The number of sulfonamides is 1. The Bertz CT molecular complexity index is 303. The molecule has 0 radical (unpaired) electrons. The number of rotatable bonds is 3. The van der Waals surface area contributed by atoms with E-state index >= 15 is 0 Å². The maximum atomic E-state index is 11.3. The van der Waals surface area contributed by atoms with Gasteiger partial charge in [-0.05, 0) is 19.8 Å². The number of hydrogen-bond acceptors (Lipinski definition) is 3. The van der Waals surface area contributed by atoms with Crippen LogP contribution < -0.4 is 5.32 Å². The Morgan fingerprint density at radius 1 is 1.27 bits per heavy atom. The second kappa shape index (κ2) is 4.39. The average Bonchev–Trinajstić information content (AvgIpc) is 2.00. The molecule has 1 fully saturated rings. The molecule has 0 amide bonds. The van der Waals surface area contributed by atoms with Crippen LogP contribution >= 0.6 is 0 Å². The van der Waals surface area contributed by atoms with E-state index in [0.717, 1.165) is 12.8 Å². The van der Waals surface area contributed by atoms with Gasteiger partial charge in [0.05, 0.1) is 6.26 Å². The summed E-state index contributed by atoms with van der Waals surface area (Å²) >= 11 is 0. The fourth-order valence-corrected chi connectivity index (χ4v) is 3.00. The molecule has 15 heavy (non-hydrogen) atoms. The van der Waals surface area contributed by atoms with E-state index in [9.17, 15) is 8.42 Å². The van der Waals surface area contributed by atoms with Gasteiger partial charge in [0.1, 0.15) is 0 Å². The monoisotopic (exact) mass is 234 g/mol. The van der Waals surface area contributed by atoms with Crippen molar-refractivity contribution in [3.05, 3.63) is 0 Å². The largest absolute Gasteiger partial charge is 0.309 e. The van der Waals surface area contributed by atoms with Gasteiger partial charge in [0.2, 0.25) is 10.0 Å². The smallest absolute Gasteiger partial charge is 0.211 e. The van der Waals surface area contributed by atoms with E-state index in [1.54, 1.807) is 4.31 Å². The minimum atomic E-state index is -3.00. The van der Waals surface area contributed by atoms with Gasteiger partial charge in [0.25, 0.3) is 0 Å². The summed E-state index contributed by atoms with van der Waals surface area (Å²) in [7, 11) is -3.00. The Hall–Kier alpha value is -0.130. The van der Waals surface area contributed by atoms with E-state index in [0.29, 0.717) is 19.1 Å². The van der Waals surface area contributed by atoms with Crippen molar-refractivity contribution in [2.24, 2.45) is 0 Å². The maximum absolute atomic E-state index is 11.3. The molecule has 4 nitrogen and oxygen atoms in total. The van der Waals surface area contributed by atoms with Gasteiger partial charge in [-0.2, -0.15) is 0 Å². The lowest BCUT2D eigenvalue weighted by Gasteiger charge is -2.40. The first-order chi connectivity index (χ1) is 6.73. The lowest BCUT2D eigenvalue weighted by molar-refractivity contribution is 0.198. The van der Waals surface area contributed by atoms with Crippen LogP contribution in [0.3, 0.4) is 0 Å². The Labute approximate surface area is 93.1 Å². The van der Waals surface area contributed by atoms with E-state index in [4.69, 9.17) is 0 Å². The highest BCUT2D eigenvalue weighted by Crippen LogP contribution is 2.23. The predicted molar refractivity (Wildman–Crippen MR) is 62.3 cm³/mol. The highest BCUT2D eigenvalue weighted by molar-refractivity contribution is 7.88. The molecule has 0 aromatic heterocycles. The number of nitrogens with zero attached hydrogens (tertiary/aromatic N) is 1. The van der Waals surface area contributed by atoms with Crippen molar-refractivity contribution in [3.8, 4) is 0 Å². The third-order valence-corrected chi connectivity index (χ3v) is 4.24. The first kappa shape index (κ1) is 12.9. The second-order valence-corrected chi connectivity index (χ2v) is 7.00. The van der Waals surface area contributed by atoms with E-state index in [2.05, 4.69) is 26.1 Å². The normalized spacial score (nSPS) is 23.3. The molecular formula is C10H22N2O2S. The molecule has 1 aliphatic rings. The molecular weight excluding hydrogens is 212 g/mol. The van der Waals surface area contributed by atoms with Crippen LogP contribution in [-0.4, -0.2) is 43.6 Å². The molecule has 1 saturated heterocycles. The summed E-state index contributed by atoms with van der Waals surface area (Å²) in [4.78, 5) is 0. The molecule has 0 spiro atoms. The average molecular weight is 234 g/mol. The zero-order valence-corrected chi connectivity index (χ0v) is 10.9. The molecule has 0 aromatic carbocycles. The first-order valence-electron chi connectivity index (χ1n) is 5.46. The molecule has 0 aliphatic carbocycles. The summed E-state index contributed by atoms with van der Waals surface area (Å²) in [6, 6.07) is 0.444. The topological polar surface area (TPSA) is 49.4 Å². The van der Waals surface area contributed by atoms with E-state index < -0.39 is 10.0 Å². The second-order valence-electron chi connectivity index (χ2n) is 5.02. The van der Waals surface area contributed by atoms with Crippen LogP contribution in [0, 0.1) is 0 Å². The van der Waals surface area contributed by atoms with Crippen molar-refractivity contribution in [2.75, 3.05) is 19.3 Å². The number of nitrogens with one attached hydrogen (secondary N) is 1. The third-order valence-electron chi connectivity index (χ3n) is 2.93. The van der Waals surface area contributed by atoms with Crippen LogP contribution in [0.15, 0.2) is 0 Å². The highest BCUT2D eigenvalue weighted by atomic mass is 32.2. The number of piperidine rings is 1. The fraction of sp³-hybridized carbons (Fsp3) is 1.00. The molecule has 0 aromatic rings. The summed E-state index contributed by atoms with van der Waals surface area (Å²) in [6.45, 7) is 7.68. The van der Waals surface area contributed by atoms with Gasteiger partial charge in [-0.25, -0.2) is 12.7 Å².